The molecule has 1 aliphatic heterocycles. The molecule has 4 unspecified atom stereocenters. The summed E-state index contributed by atoms with van der Waals surface area (Å²) in [6.07, 6.45) is 0.220. The van der Waals surface area contributed by atoms with Crippen LogP contribution in [0.4, 0.5) is 0 Å². The van der Waals surface area contributed by atoms with Gasteiger partial charge in [-0.05, 0) is 23.8 Å². The van der Waals surface area contributed by atoms with E-state index in [9.17, 15) is 5.11 Å². The third-order valence-electron chi connectivity index (χ3n) is 3.67. The SMILES string of the molecule is COc1ccc(Cl)cc1CC(O)C1CSC(C)C(C)S1. The second-order valence-electron chi connectivity index (χ2n) is 5.15. The molecule has 0 aromatic heterocycles. The number of halogens is 1. The zero-order valence-corrected chi connectivity index (χ0v) is 14.4. The highest BCUT2D eigenvalue weighted by atomic mass is 35.5. The van der Waals surface area contributed by atoms with Crippen molar-refractivity contribution in [3.05, 3.63) is 28.8 Å². The van der Waals surface area contributed by atoms with Crippen LogP contribution in [0.1, 0.15) is 19.4 Å². The molecule has 4 atom stereocenters. The molecule has 0 amide bonds. The van der Waals surface area contributed by atoms with E-state index in [-0.39, 0.29) is 11.4 Å². The first-order valence-corrected chi connectivity index (χ1v) is 9.15. The molecule has 5 heteroatoms. The average Bonchev–Trinajstić information content (AvgIpc) is 2.42. The molecule has 1 aliphatic rings. The first-order valence-electron chi connectivity index (χ1n) is 6.78. The van der Waals surface area contributed by atoms with E-state index in [1.807, 2.05) is 41.7 Å². The molecule has 1 heterocycles. The summed E-state index contributed by atoms with van der Waals surface area (Å²) < 4.78 is 5.34. The molecule has 0 aliphatic carbocycles. The summed E-state index contributed by atoms with van der Waals surface area (Å²) >= 11 is 9.88. The third-order valence-corrected chi connectivity index (χ3v) is 7.45. The van der Waals surface area contributed by atoms with E-state index in [2.05, 4.69) is 13.8 Å². The second kappa shape index (κ2) is 7.30. The van der Waals surface area contributed by atoms with Crippen LogP contribution in [0.15, 0.2) is 18.2 Å². The smallest absolute Gasteiger partial charge is 0.122 e. The van der Waals surface area contributed by atoms with E-state index in [0.29, 0.717) is 21.9 Å². The molecule has 112 valence electrons. The molecule has 0 radical (unpaired) electrons. The molecule has 20 heavy (non-hydrogen) atoms. The minimum absolute atomic E-state index is 0.273. The monoisotopic (exact) mass is 332 g/mol. The molecule has 2 rings (SSSR count). The Morgan fingerprint density at radius 2 is 2.15 bits per heavy atom. The highest BCUT2D eigenvalue weighted by Crippen LogP contribution is 2.38. The predicted molar refractivity (Wildman–Crippen MR) is 90.5 cm³/mol. The van der Waals surface area contributed by atoms with E-state index in [1.165, 1.54) is 0 Å². The Balaban J connectivity index is 2.04. The lowest BCUT2D eigenvalue weighted by Gasteiger charge is -2.34. The van der Waals surface area contributed by atoms with Crippen LogP contribution >= 0.6 is 35.1 Å². The van der Waals surface area contributed by atoms with Crippen LogP contribution in [0.2, 0.25) is 5.02 Å². The minimum atomic E-state index is -0.366. The summed E-state index contributed by atoms with van der Waals surface area (Å²) in [5.41, 5.74) is 0.976. The van der Waals surface area contributed by atoms with Crippen LogP contribution < -0.4 is 4.74 Å². The second-order valence-corrected chi connectivity index (χ2v) is 8.61. The van der Waals surface area contributed by atoms with Gasteiger partial charge in [0.2, 0.25) is 0 Å². The number of aliphatic hydroxyl groups excluding tert-OH is 1. The van der Waals surface area contributed by atoms with E-state index >= 15 is 0 Å². The van der Waals surface area contributed by atoms with E-state index < -0.39 is 0 Å². The number of ether oxygens (including phenoxy) is 1. The Morgan fingerprint density at radius 3 is 2.80 bits per heavy atom. The van der Waals surface area contributed by atoms with E-state index in [0.717, 1.165) is 17.1 Å². The molecule has 1 aromatic rings. The van der Waals surface area contributed by atoms with Crippen molar-refractivity contribution < 1.29 is 9.84 Å². The zero-order valence-electron chi connectivity index (χ0n) is 12.0. The molecule has 2 nitrogen and oxygen atoms in total. The molecule has 1 aromatic carbocycles. The summed E-state index contributed by atoms with van der Waals surface area (Å²) in [5.74, 6) is 1.79. The normalized spacial score (nSPS) is 28.1. The fourth-order valence-electron chi connectivity index (χ4n) is 2.27. The van der Waals surface area contributed by atoms with Crippen LogP contribution in [0, 0.1) is 0 Å². The average molecular weight is 333 g/mol. The van der Waals surface area contributed by atoms with Crippen molar-refractivity contribution in [2.45, 2.75) is 42.1 Å². The number of aliphatic hydroxyl groups is 1. The van der Waals surface area contributed by atoms with Crippen molar-refractivity contribution in [1.29, 1.82) is 0 Å². The van der Waals surface area contributed by atoms with Crippen molar-refractivity contribution in [3.8, 4) is 5.75 Å². The van der Waals surface area contributed by atoms with Crippen LogP contribution in [0.3, 0.4) is 0 Å². The van der Waals surface area contributed by atoms with Gasteiger partial charge in [0, 0.05) is 32.9 Å². The summed E-state index contributed by atoms with van der Waals surface area (Å²) in [5, 5.41) is 12.7. The summed E-state index contributed by atoms with van der Waals surface area (Å²) in [4.78, 5) is 0. The lowest BCUT2D eigenvalue weighted by atomic mass is 10.0. The molecule has 1 N–H and O–H groups in total. The molecule has 0 saturated carbocycles. The quantitative estimate of drug-likeness (QED) is 0.906. The number of benzene rings is 1. The van der Waals surface area contributed by atoms with Gasteiger partial charge < -0.3 is 9.84 Å². The number of thioether (sulfide) groups is 2. The van der Waals surface area contributed by atoms with Crippen molar-refractivity contribution in [3.63, 3.8) is 0 Å². The Morgan fingerprint density at radius 1 is 1.40 bits per heavy atom. The highest BCUT2D eigenvalue weighted by Gasteiger charge is 2.30. The maximum atomic E-state index is 10.5. The lowest BCUT2D eigenvalue weighted by Crippen LogP contribution is -2.35. The van der Waals surface area contributed by atoms with E-state index in [4.69, 9.17) is 16.3 Å². The van der Waals surface area contributed by atoms with Gasteiger partial charge in [-0.15, -0.1) is 0 Å². The van der Waals surface area contributed by atoms with Gasteiger partial charge in [-0.2, -0.15) is 23.5 Å². The van der Waals surface area contributed by atoms with Crippen molar-refractivity contribution in [2.24, 2.45) is 0 Å². The van der Waals surface area contributed by atoms with Crippen LogP contribution in [0.5, 0.6) is 5.75 Å². The van der Waals surface area contributed by atoms with E-state index in [1.54, 1.807) is 7.11 Å². The summed E-state index contributed by atoms with van der Waals surface area (Å²) in [7, 11) is 1.65. The predicted octanol–water partition coefficient (Wildman–Crippen LogP) is 3.88. The summed E-state index contributed by atoms with van der Waals surface area (Å²) in [6.45, 7) is 4.49. The van der Waals surface area contributed by atoms with Crippen LogP contribution in [0.25, 0.3) is 0 Å². The maximum absolute atomic E-state index is 10.5. The number of hydrogen-bond donors (Lipinski definition) is 1. The van der Waals surface area contributed by atoms with Crippen molar-refractivity contribution in [2.75, 3.05) is 12.9 Å². The van der Waals surface area contributed by atoms with Gasteiger partial charge in [0.25, 0.3) is 0 Å². The number of methoxy groups -OCH3 is 1. The minimum Gasteiger partial charge on any atom is -0.496 e. The highest BCUT2D eigenvalue weighted by molar-refractivity contribution is 8.07. The van der Waals surface area contributed by atoms with Crippen molar-refractivity contribution in [1.82, 2.24) is 0 Å². The zero-order chi connectivity index (χ0) is 14.7. The Labute approximate surface area is 134 Å². The lowest BCUT2D eigenvalue weighted by molar-refractivity contribution is 0.176. The van der Waals surface area contributed by atoms with Crippen LogP contribution in [-0.2, 0) is 6.42 Å². The van der Waals surface area contributed by atoms with Gasteiger partial charge in [0.15, 0.2) is 0 Å². The van der Waals surface area contributed by atoms with Gasteiger partial charge in [0.05, 0.1) is 13.2 Å². The number of rotatable bonds is 4. The fraction of sp³-hybridized carbons (Fsp3) is 0.600. The van der Waals surface area contributed by atoms with Gasteiger partial charge in [-0.25, -0.2) is 0 Å². The molecule has 1 saturated heterocycles. The molecular formula is C15H21ClO2S2. The molecule has 0 bridgehead atoms. The van der Waals surface area contributed by atoms with Crippen LogP contribution in [-0.4, -0.2) is 39.8 Å². The van der Waals surface area contributed by atoms with Crippen molar-refractivity contribution >= 4 is 35.1 Å². The number of hydrogen-bond acceptors (Lipinski definition) is 4. The fourth-order valence-corrected chi connectivity index (χ4v) is 5.48. The molecule has 0 spiro atoms. The first kappa shape index (κ1) is 16.3. The first-order chi connectivity index (χ1) is 9.51. The standard InChI is InChI=1S/C15H21ClO2S2/c1-9-10(2)20-15(8-19-9)13(17)7-11-6-12(16)4-5-14(11)18-3/h4-6,9-10,13,15,17H,7-8H2,1-3H3. The van der Waals surface area contributed by atoms with Gasteiger partial charge in [-0.1, -0.05) is 25.4 Å². The van der Waals surface area contributed by atoms with Gasteiger partial charge in [0.1, 0.15) is 5.75 Å². The van der Waals surface area contributed by atoms with Gasteiger partial charge >= 0.3 is 0 Å². The molecule has 1 fully saturated rings. The maximum Gasteiger partial charge on any atom is 0.122 e. The van der Waals surface area contributed by atoms with Gasteiger partial charge in [-0.3, -0.25) is 0 Å². The topological polar surface area (TPSA) is 29.5 Å². The Hall–Kier alpha value is -0.0300. The third kappa shape index (κ3) is 4.00. The largest absolute Gasteiger partial charge is 0.496 e. The summed E-state index contributed by atoms with van der Waals surface area (Å²) in [6, 6.07) is 5.55. The Kier molecular flexibility index (Phi) is 5.96. The Bertz CT molecular complexity index is 455. The molecular weight excluding hydrogens is 312 g/mol.